The van der Waals surface area contributed by atoms with E-state index >= 15 is 0 Å². The van der Waals surface area contributed by atoms with E-state index in [2.05, 4.69) is 10.2 Å². The van der Waals surface area contributed by atoms with Crippen molar-refractivity contribution < 1.29 is 9.18 Å². The number of benzene rings is 1. The van der Waals surface area contributed by atoms with E-state index in [1.54, 1.807) is 7.05 Å². The minimum atomic E-state index is -0.194. The highest BCUT2D eigenvalue weighted by Gasteiger charge is 2.12. The van der Waals surface area contributed by atoms with Gasteiger partial charge in [0.25, 0.3) is 0 Å². The van der Waals surface area contributed by atoms with E-state index in [1.165, 1.54) is 12.1 Å². The zero-order valence-corrected chi connectivity index (χ0v) is 11.9. The van der Waals surface area contributed by atoms with Gasteiger partial charge in [0.05, 0.1) is 0 Å². The number of amides is 1. The van der Waals surface area contributed by atoms with Gasteiger partial charge in [0, 0.05) is 19.5 Å². The predicted molar refractivity (Wildman–Crippen MR) is 75.4 cm³/mol. The van der Waals surface area contributed by atoms with Crippen LogP contribution in [-0.4, -0.2) is 38.0 Å². The molecule has 1 aromatic carbocycles. The largest absolute Gasteiger partial charge is 0.359 e. The Bertz CT molecular complexity index is 392. The van der Waals surface area contributed by atoms with Gasteiger partial charge in [0.2, 0.25) is 5.91 Å². The first-order chi connectivity index (χ1) is 9.02. The molecule has 0 aliphatic carbocycles. The Morgan fingerprint density at radius 1 is 1.37 bits per heavy atom. The van der Waals surface area contributed by atoms with Crippen LogP contribution < -0.4 is 5.32 Å². The smallest absolute Gasteiger partial charge is 0.223 e. The third-order valence-electron chi connectivity index (χ3n) is 3.20. The fourth-order valence-electron chi connectivity index (χ4n) is 2.09. The van der Waals surface area contributed by atoms with Crippen molar-refractivity contribution in [1.82, 2.24) is 10.2 Å². The number of carbonyl (C=O) groups is 1. The fraction of sp³-hybridized carbons (Fsp3) is 0.533. The highest BCUT2D eigenvalue weighted by molar-refractivity contribution is 5.78. The zero-order valence-electron chi connectivity index (χ0n) is 11.9. The van der Waals surface area contributed by atoms with Crippen molar-refractivity contribution in [2.24, 2.45) is 5.92 Å². The molecule has 1 amide bonds. The summed E-state index contributed by atoms with van der Waals surface area (Å²) in [5.41, 5.74) is 1.15. The Balaban J connectivity index is 2.25. The molecule has 4 heteroatoms. The molecule has 1 rings (SSSR count). The van der Waals surface area contributed by atoms with Crippen molar-refractivity contribution in [3.63, 3.8) is 0 Å². The van der Waals surface area contributed by atoms with E-state index < -0.39 is 0 Å². The first-order valence-electron chi connectivity index (χ1n) is 6.67. The van der Waals surface area contributed by atoms with Crippen molar-refractivity contribution >= 4 is 5.91 Å². The van der Waals surface area contributed by atoms with Gasteiger partial charge in [0.1, 0.15) is 5.82 Å². The number of aryl methyl sites for hydroxylation is 1. The maximum Gasteiger partial charge on any atom is 0.223 e. The van der Waals surface area contributed by atoms with Crippen LogP contribution in [0.2, 0.25) is 0 Å². The molecule has 0 saturated carbocycles. The van der Waals surface area contributed by atoms with E-state index in [4.69, 9.17) is 0 Å². The van der Waals surface area contributed by atoms with Crippen LogP contribution >= 0.6 is 0 Å². The monoisotopic (exact) mass is 266 g/mol. The van der Waals surface area contributed by atoms with Gasteiger partial charge in [-0.1, -0.05) is 19.1 Å². The zero-order chi connectivity index (χ0) is 14.3. The van der Waals surface area contributed by atoms with Crippen LogP contribution in [-0.2, 0) is 11.2 Å². The van der Waals surface area contributed by atoms with Crippen LogP contribution in [0, 0.1) is 11.7 Å². The summed E-state index contributed by atoms with van der Waals surface area (Å²) in [6, 6.07) is 6.63. The molecule has 19 heavy (non-hydrogen) atoms. The van der Waals surface area contributed by atoms with Gasteiger partial charge in [-0.25, -0.2) is 4.39 Å². The number of nitrogens with one attached hydrogen (secondary N) is 1. The number of carbonyl (C=O) groups excluding carboxylic acids is 1. The van der Waals surface area contributed by atoms with Gasteiger partial charge in [-0.15, -0.1) is 0 Å². The van der Waals surface area contributed by atoms with E-state index in [0.29, 0.717) is 0 Å². The maximum absolute atomic E-state index is 12.7. The van der Waals surface area contributed by atoms with Gasteiger partial charge in [-0.3, -0.25) is 4.79 Å². The van der Waals surface area contributed by atoms with Gasteiger partial charge < -0.3 is 10.2 Å². The maximum atomic E-state index is 12.7. The molecule has 0 fully saturated rings. The summed E-state index contributed by atoms with van der Waals surface area (Å²) in [5.74, 6) is -0.119. The fourth-order valence-corrected chi connectivity index (χ4v) is 2.09. The molecule has 0 spiro atoms. The lowest BCUT2D eigenvalue weighted by Crippen LogP contribution is -2.34. The number of rotatable bonds is 7. The summed E-state index contributed by atoms with van der Waals surface area (Å²) >= 11 is 0. The van der Waals surface area contributed by atoms with E-state index in [-0.39, 0.29) is 17.6 Å². The SMILES string of the molecule is CNC(=O)C(C)CN(C)CCCc1ccc(F)cc1. The predicted octanol–water partition coefficient (Wildman–Crippen LogP) is 2.07. The highest BCUT2D eigenvalue weighted by atomic mass is 19.1. The normalized spacial score (nSPS) is 12.5. The summed E-state index contributed by atoms with van der Waals surface area (Å²) in [4.78, 5) is 13.6. The summed E-state index contributed by atoms with van der Waals surface area (Å²) in [6.45, 7) is 3.61. The molecule has 1 N–H and O–H groups in total. The number of nitrogens with zero attached hydrogens (tertiary/aromatic N) is 1. The molecule has 3 nitrogen and oxygen atoms in total. The van der Waals surface area contributed by atoms with Crippen LogP contribution in [0.5, 0.6) is 0 Å². The third-order valence-corrected chi connectivity index (χ3v) is 3.20. The van der Waals surface area contributed by atoms with E-state index in [1.807, 2.05) is 26.1 Å². The Morgan fingerprint density at radius 3 is 2.58 bits per heavy atom. The van der Waals surface area contributed by atoms with E-state index in [0.717, 1.165) is 31.5 Å². The average Bonchev–Trinajstić information content (AvgIpc) is 2.40. The van der Waals surface area contributed by atoms with Crippen molar-refractivity contribution in [2.75, 3.05) is 27.2 Å². The van der Waals surface area contributed by atoms with Crippen molar-refractivity contribution in [2.45, 2.75) is 19.8 Å². The first kappa shape index (κ1) is 15.6. The third kappa shape index (κ3) is 5.83. The minimum Gasteiger partial charge on any atom is -0.359 e. The highest BCUT2D eigenvalue weighted by Crippen LogP contribution is 2.06. The Labute approximate surface area is 114 Å². The molecule has 0 aromatic heterocycles. The standard InChI is InChI=1S/C15H23FN2O/c1-12(15(19)17-2)11-18(3)10-4-5-13-6-8-14(16)9-7-13/h6-9,12H,4-5,10-11H2,1-3H3,(H,17,19). The molecule has 1 unspecified atom stereocenters. The molecule has 0 aliphatic rings. The summed E-state index contributed by atoms with van der Waals surface area (Å²) in [7, 11) is 3.68. The van der Waals surface area contributed by atoms with Gasteiger partial charge in [-0.05, 0) is 44.1 Å². The van der Waals surface area contributed by atoms with Crippen LogP contribution in [0.25, 0.3) is 0 Å². The topological polar surface area (TPSA) is 32.3 Å². The van der Waals surface area contributed by atoms with Crippen LogP contribution in [0.1, 0.15) is 18.9 Å². The van der Waals surface area contributed by atoms with Gasteiger partial charge in [0.15, 0.2) is 0 Å². The average molecular weight is 266 g/mol. The Morgan fingerprint density at radius 2 is 2.00 bits per heavy atom. The lowest BCUT2D eigenvalue weighted by Gasteiger charge is -2.20. The Kier molecular flexibility index (Phi) is 6.50. The molecule has 106 valence electrons. The summed E-state index contributed by atoms with van der Waals surface area (Å²) in [6.07, 6.45) is 1.93. The summed E-state index contributed by atoms with van der Waals surface area (Å²) in [5, 5.41) is 2.66. The number of hydrogen-bond donors (Lipinski definition) is 1. The second-order valence-electron chi connectivity index (χ2n) is 5.01. The minimum absolute atomic E-state index is 0.000760. The van der Waals surface area contributed by atoms with Crippen LogP contribution in [0.3, 0.4) is 0 Å². The second kappa shape index (κ2) is 7.89. The van der Waals surface area contributed by atoms with Gasteiger partial charge in [-0.2, -0.15) is 0 Å². The van der Waals surface area contributed by atoms with Crippen molar-refractivity contribution in [3.8, 4) is 0 Å². The van der Waals surface area contributed by atoms with Crippen molar-refractivity contribution in [3.05, 3.63) is 35.6 Å². The van der Waals surface area contributed by atoms with Crippen LogP contribution in [0.15, 0.2) is 24.3 Å². The number of hydrogen-bond acceptors (Lipinski definition) is 2. The molecule has 0 aliphatic heterocycles. The molecular formula is C15H23FN2O. The summed E-state index contributed by atoms with van der Waals surface area (Å²) < 4.78 is 12.7. The van der Waals surface area contributed by atoms with E-state index in [9.17, 15) is 9.18 Å². The Hall–Kier alpha value is -1.42. The lowest BCUT2D eigenvalue weighted by atomic mass is 10.1. The first-order valence-corrected chi connectivity index (χ1v) is 6.67. The molecule has 1 aromatic rings. The molecule has 0 saturated heterocycles. The van der Waals surface area contributed by atoms with Gasteiger partial charge >= 0.3 is 0 Å². The van der Waals surface area contributed by atoms with Crippen LogP contribution in [0.4, 0.5) is 4.39 Å². The molecular weight excluding hydrogens is 243 g/mol. The number of halogens is 1. The molecule has 1 atom stereocenters. The molecule has 0 heterocycles. The second-order valence-corrected chi connectivity index (χ2v) is 5.01. The quantitative estimate of drug-likeness (QED) is 0.819. The molecule has 0 bridgehead atoms. The molecule has 0 radical (unpaired) electrons. The van der Waals surface area contributed by atoms with Crippen molar-refractivity contribution in [1.29, 1.82) is 0 Å². The lowest BCUT2D eigenvalue weighted by molar-refractivity contribution is -0.124.